The topological polar surface area (TPSA) is 50.4 Å². The first kappa shape index (κ1) is 14.6. The number of carbonyl (C=O) groups excluding carboxylic acids is 1. The molecule has 4 nitrogen and oxygen atoms in total. The molecule has 1 saturated carbocycles. The van der Waals surface area contributed by atoms with Crippen LogP contribution in [0.5, 0.6) is 5.75 Å². The third-order valence-electron chi connectivity index (χ3n) is 3.58. The Balaban J connectivity index is 1.79. The van der Waals surface area contributed by atoms with Gasteiger partial charge in [0.1, 0.15) is 0 Å². The highest BCUT2D eigenvalue weighted by atomic mass is 19.1. The van der Waals surface area contributed by atoms with Crippen LogP contribution in [0.2, 0.25) is 0 Å². The zero-order valence-electron chi connectivity index (χ0n) is 11.7. The third-order valence-corrected chi connectivity index (χ3v) is 3.58. The molecule has 5 heteroatoms. The number of benzene rings is 1. The predicted molar refractivity (Wildman–Crippen MR) is 76.5 cm³/mol. The molecular weight excluding hydrogens is 259 g/mol. The van der Waals surface area contributed by atoms with Gasteiger partial charge in [-0.15, -0.1) is 0 Å². The third kappa shape index (κ3) is 4.11. The fourth-order valence-corrected chi connectivity index (χ4v) is 2.48. The molecule has 0 bridgehead atoms. The minimum Gasteiger partial charge on any atom is -0.494 e. The number of rotatable bonds is 5. The Morgan fingerprint density at radius 1 is 1.35 bits per heavy atom. The van der Waals surface area contributed by atoms with E-state index in [-0.39, 0.29) is 18.2 Å². The Morgan fingerprint density at radius 2 is 2.10 bits per heavy atom. The van der Waals surface area contributed by atoms with E-state index in [4.69, 9.17) is 4.74 Å². The van der Waals surface area contributed by atoms with Crippen molar-refractivity contribution in [1.82, 2.24) is 5.32 Å². The maximum Gasteiger partial charge on any atom is 0.239 e. The molecule has 2 N–H and O–H groups in total. The van der Waals surface area contributed by atoms with Gasteiger partial charge in [-0.05, 0) is 25.0 Å². The van der Waals surface area contributed by atoms with Crippen molar-refractivity contribution in [2.45, 2.75) is 38.1 Å². The second kappa shape index (κ2) is 7.12. The van der Waals surface area contributed by atoms with E-state index >= 15 is 0 Å². The quantitative estimate of drug-likeness (QED) is 0.872. The number of ether oxygens (including phenoxy) is 1. The number of hydrogen-bond donors (Lipinski definition) is 2. The van der Waals surface area contributed by atoms with Gasteiger partial charge in [0, 0.05) is 17.8 Å². The summed E-state index contributed by atoms with van der Waals surface area (Å²) in [4.78, 5) is 11.8. The van der Waals surface area contributed by atoms with Gasteiger partial charge < -0.3 is 15.4 Å². The SMILES string of the molecule is COc1ccc(NCC(=O)NC2CCCCC2)cc1F. The number of carbonyl (C=O) groups is 1. The van der Waals surface area contributed by atoms with Crippen molar-refractivity contribution >= 4 is 11.6 Å². The first-order chi connectivity index (χ1) is 9.69. The Hall–Kier alpha value is -1.78. The number of halogens is 1. The first-order valence-electron chi connectivity index (χ1n) is 7.06. The van der Waals surface area contributed by atoms with Crippen LogP contribution in [0.1, 0.15) is 32.1 Å². The van der Waals surface area contributed by atoms with Crippen molar-refractivity contribution in [2.24, 2.45) is 0 Å². The number of nitrogens with one attached hydrogen (secondary N) is 2. The smallest absolute Gasteiger partial charge is 0.239 e. The maximum atomic E-state index is 13.5. The summed E-state index contributed by atoms with van der Waals surface area (Å²) in [6.07, 6.45) is 5.74. The minimum absolute atomic E-state index is 0.0480. The predicted octanol–water partition coefficient (Wildman–Crippen LogP) is 2.70. The summed E-state index contributed by atoms with van der Waals surface area (Å²) in [5, 5.41) is 5.92. The molecule has 1 aromatic carbocycles. The maximum absolute atomic E-state index is 13.5. The molecule has 1 fully saturated rings. The lowest BCUT2D eigenvalue weighted by atomic mass is 9.95. The summed E-state index contributed by atoms with van der Waals surface area (Å²) in [6, 6.07) is 4.85. The van der Waals surface area contributed by atoms with E-state index in [1.54, 1.807) is 6.07 Å². The van der Waals surface area contributed by atoms with Crippen LogP contribution in [0.25, 0.3) is 0 Å². The monoisotopic (exact) mass is 280 g/mol. The van der Waals surface area contributed by atoms with Crippen molar-refractivity contribution < 1.29 is 13.9 Å². The average Bonchev–Trinajstić information content (AvgIpc) is 2.46. The van der Waals surface area contributed by atoms with Crippen LogP contribution in [0.3, 0.4) is 0 Å². The lowest BCUT2D eigenvalue weighted by Crippen LogP contribution is -2.39. The lowest BCUT2D eigenvalue weighted by molar-refractivity contribution is -0.120. The lowest BCUT2D eigenvalue weighted by Gasteiger charge is -2.22. The van der Waals surface area contributed by atoms with Gasteiger partial charge in [0.05, 0.1) is 13.7 Å². The summed E-state index contributed by atoms with van der Waals surface area (Å²) in [6.45, 7) is 0.155. The van der Waals surface area contributed by atoms with E-state index in [0.717, 1.165) is 12.8 Å². The molecule has 0 saturated heterocycles. The second-order valence-corrected chi connectivity index (χ2v) is 5.11. The van der Waals surface area contributed by atoms with Gasteiger partial charge in [-0.1, -0.05) is 19.3 Å². The molecule has 2 rings (SSSR count). The van der Waals surface area contributed by atoms with Gasteiger partial charge in [-0.25, -0.2) is 4.39 Å². The van der Waals surface area contributed by atoms with Crippen molar-refractivity contribution in [2.75, 3.05) is 19.0 Å². The Morgan fingerprint density at radius 3 is 2.75 bits per heavy atom. The summed E-state index contributed by atoms with van der Waals surface area (Å²) in [5.41, 5.74) is 0.571. The van der Waals surface area contributed by atoms with Crippen molar-refractivity contribution in [3.63, 3.8) is 0 Å². The molecular formula is C15H21FN2O2. The Bertz CT molecular complexity index is 459. The molecule has 0 heterocycles. The minimum atomic E-state index is -0.440. The van der Waals surface area contributed by atoms with Crippen LogP contribution in [0.15, 0.2) is 18.2 Å². The molecule has 0 spiro atoms. The zero-order chi connectivity index (χ0) is 14.4. The van der Waals surface area contributed by atoms with Crippen LogP contribution in [0.4, 0.5) is 10.1 Å². The normalized spacial score (nSPS) is 15.7. The summed E-state index contributed by atoms with van der Waals surface area (Å²) >= 11 is 0. The largest absolute Gasteiger partial charge is 0.494 e. The van der Waals surface area contributed by atoms with Crippen molar-refractivity contribution in [3.8, 4) is 5.75 Å². The fraction of sp³-hybridized carbons (Fsp3) is 0.533. The Kier molecular flexibility index (Phi) is 5.21. The van der Waals surface area contributed by atoms with E-state index < -0.39 is 5.82 Å². The van der Waals surface area contributed by atoms with E-state index in [9.17, 15) is 9.18 Å². The highest BCUT2D eigenvalue weighted by Gasteiger charge is 2.15. The second-order valence-electron chi connectivity index (χ2n) is 5.11. The number of anilines is 1. The van der Waals surface area contributed by atoms with E-state index in [0.29, 0.717) is 11.7 Å². The molecule has 0 atom stereocenters. The summed E-state index contributed by atoms with van der Waals surface area (Å²) in [5.74, 6) is -0.291. The standard InChI is InChI=1S/C15H21FN2O2/c1-20-14-8-7-12(9-13(14)16)17-10-15(19)18-11-5-3-2-4-6-11/h7-9,11,17H,2-6,10H2,1H3,(H,18,19). The molecule has 0 radical (unpaired) electrons. The van der Waals surface area contributed by atoms with Crippen LogP contribution < -0.4 is 15.4 Å². The first-order valence-corrected chi connectivity index (χ1v) is 7.06. The summed E-state index contributed by atoms with van der Waals surface area (Å²) < 4.78 is 18.3. The van der Waals surface area contributed by atoms with Crippen molar-refractivity contribution in [3.05, 3.63) is 24.0 Å². The Labute approximate surface area is 118 Å². The van der Waals surface area contributed by atoms with Gasteiger partial charge >= 0.3 is 0 Å². The molecule has 1 aromatic rings. The van der Waals surface area contributed by atoms with E-state index in [2.05, 4.69) is 10.6 Å². The summed E-state index contributed by atoms with van der Waals surface area (Å²) in [7, 11) is 1.42. The molecule has 1 aliphatic carbocycles. The van der Waals surface area contributed by atoms with Gasteiger partial charge in [-0.2, -0.15) is 0 Å². The van der Waals surface area contributed by atoms with E-state index in [1.807, 2.05) is 0 Å². The molecule has 0 aromatic heterocycles. The van der Waals surface area contributed by atoms with Gasteiger partial charge in [0.25, 0.3) is 0 Å². The highest BCUT2D eigenvalue weighted by Crippen LogP contribution is 2.20. The van der Waals surface area contributed by atoms with Crippen LogP contribution in [-0.4, -0.2) is 25.6 Å². The molecule has 110 valence electrons. The van der Waals surface area contributed by atoms with Gasteiger partial charge in [0.15, 0.2) is 11.6 Å². The number of methoxy groups -OCH3 is 1. The average molecular weight is 280 g/mol. The van der Waals surface area contributed by atoms with Gasteiger partial charge in [-0.3, -0.25) is 4.79 Å². The zero-order valence-corrected chi connectivity index (χ0v) is 11.7. The molecule has 0 unspecified atom stereocenters. The molecule has 1 aliphatic rings. The van der Waals surface area contributed by atoms with E-state index in [1.165, 1.54) is 38.5 Å². The van der Waals surface area contributed by atoms with Crippen LogP contribution in [-0.2, 0) is 4.79 Å². The number of hydrogen-bond acceptors (Lipinski definition) is 3. The van der Waals surface area contributed by atoms with Crippen LogP contribution in [0, 0.1) is 5.82 Å². The van der Waals surface area contributed by atoms with Crippen molar-refractivity contribution in [1.29, 1.82) is 0 Å². The fourth-order valence-electron chi connectivity index (χ4n) is 2.48. The highest BCUT2D eigenvalue weighted by molar-refractivity contribution is 5.81. The molecule has 1 amide bonds. The van der Waals surface area contributed by atoms with Gasteiger partial charge in [0.2, 0.25) is 5.91 Å². The molecule has 0 aliphatic heterocycles. The molecule has 20 heavy (non-hydrogen) atoms. The van der Waals surface area contributed by atoms with Crippen LogP contribution >= 0.6 is 0 Å². The number of amides is 1.